The van der Waals surface area contributed by atoms with Gasteiger partial charge in [0.1, 0.15) is 0 Å². The quantitative estimate of drug-likeness (QED) is 0.763. The van der Waals surface area contributed by atoms with Crippen molar-refractivity contribution in [1.82, 2.24) is 15.1 Å². The Hall–Kier alpha value is -0.120. The SMILES string of the molecule is CNCC1(CN(C)CCN2CCCC2)CCCCC1. The first-order valence-electron chi connectivity index (χ1n) is 8.30. The maximum absolute atomic E-state index is 3.44. The topological polar surface area (TPSA) is 18.5 Å². The van der Waals surface area contributed by atoms with Crippen molar-refractivity contribution in [3.63, 3.8) is 0 Å². The lowest BCUT2D eigenvalue weighted by Gasteiger charge is -2.40. The van der Waals surface area contributed by atoms with E-state index >= 15 is 0 Å². The predicted molar refractivity (Wildman–Crippen MR) is 82.6 cm³/mol. The summed E-state index contributed by atoms with van der Waals surface area (Å²) >= 11 is 0. The summed E-state index contributed by atoms with van der Waals surface area (Å²) in [7, 11) is 4.43. The zero-order chi connectivity index (χ0) is 13.6. The van der Waals surface area contributed by atoms with Crippen LogP contribution in [-0.2, 0) is 0 Å². The summed E-state index contributed by atoms with van der Waals surface area (Å²) in [6.45, 7) is 7.64. The Kier molecular flexibility index (Phi) is 6.11. The number of likely N-dealkylation sites (tertiary alicyclic amines) is 1. The number of rotatable bonds is 7. The third-order valence-corrected chi connectivity index (χ3v) is 5.07. The van der Waals surface area contributed by atoms with E-state index in [1.165, 1.54) is 84.2 Å². The fraction of sp³-hybridized carbons (Fsp3) is 1.00. The Morgan fingerprint density at radius 3 is 2.37 bits per heavy atom. The Morgan fingerprint density at radius 2 is 1.74 bits per heavy atom. The molecule has 112 valence electrons. The first kappa shape index (κ1) is 15.3. The molecule has 0 bridgehead atoms. The standard InChI is InChI=1S/C16H33N3/c1-17-14-16(8-4-3-5-9-16)15-18(2)12-13-19-10-6-7-11-19/h17H,3-15H2,1-2H3. The van der Waals surface area contributed by atoms with Crippen LogP contribution in [0.1, 0.15) is 44.9 Å². The number of likely N-dealkylation sites (N-methyl/N-ethyl adjacent to an activating group) is 1. The van der Waals surface area contributed by atoms with Crippen LogP contribution in [0.15, 0.2) is 0 Å². The first-order chi connectivity index (χ1) is 9.24. The van der Waals surface area contributed by atoms with Crippen LogP contribution in [0.2, 0.25) is 0 Å². The van der Waals surface area contributed by atoms with Crippen LogP contribution in [-0.4, -0.2) is 63.2 Å². The molecule has 3 nitrogen and oxygen atoms in total. The number of hydrogen-bond acceptors (Lipinski definition) is 3. The van der Waals surface area contributed by atoms with Crippen LogP contribution in [0, 0.1) is 5.41 Å². The van der Waals surface area contributed by atoms with E-state index in [-0.39, 0.29) is 0 Å². The minimum Gasteiger partial charge on any atom is -0.319 e. The molecule has 19 heavy (non-hydrogen) atoms. The molecular weight excluding hydrogens is 234 g/mol. The molecule has 2 fully saturated rings. The fourth-order valence-corrected chi connectivity index (χ4v) is 4.04. The maximum atomic E-state index is 3.44. The van der Waals surface area contributed by atoms with Gasteiger partial charge in [-0.15, -0.1) is 0 Å². The molecule has 0 atom stereocenters. The van der Waals surface area contributed by atoms with Crippen LogP contribution in [0.3, 0.4) is 0 Å². The fourth-order valence-electron chi connectivity index (χ4n) is 4.04. The smallest absolute Gasteiger partial charge is 0.0109 e. The second-order valence-corrected chi connectivity index (χ2v) is 6.88. The van der Waals surface area contributed by atoms with Gasteiger partial charge in [-0.2, -0.15) is 0 Å². The van der Waals surface area contributed by atoms with Gasteiger partial charge in [-0.3, -0.25) is 0 Å². The molecule has 0 aromatic rings. The van der Waals surface area contributed by atoms with Crippen LogP contribution in [0.5, 0.6) is 0 Å². The molecule has 2 rings (SSSR count). The van der Waals surface area contributed by atoms with E-state index in [1.807, 2.05) is 0 Å². The molecule has 2 aliphatic rings. The average molecular weight is 267 g/mol. The van der Waals surface area contributed by atoms with E-state index in [0.29, 0.717) is 5.41 Å². The first-order valence-corrected chi connectivity index (χ1v) is 8.30. The van der Waals surface area contributed by atoms with Gasteiger partial charge >= 0.3 is 0 Å². The van der Waals surface area contributed by atoms with Gasteiger partial charge in [0.25, 0.3) is 0 Å². The molecule has 3 heteroatoms. The highest BCUT2D eigenvalue weighted by molar-refractivity contribution is 4.87. The van der Waals surface area contributed by atoms with Gasteiger partial charge in [0.2, 0.25) is 0 Å². The number of nitrogens with zero attached hydrogens (tertiary/aromatic N) is 2. The molecule has 1 heterocycles. The molecule has 1 saturated heterocycles. The van der Waals surface area contributed by atoms with Crippen molar-refractivity contribution < 1.29 is 0 Å². The Bertz CT molecular complexity index is 237. The number of hydrogen-bond donors (Lipinski definition) is 1. The molecule has 1 aliphatic heterocycles. The minimum absolute atomic E-state index is 0.548. The van der Waals surface area contributed by atoms with Crippen LogP contribution >= 0.6 is 0 Å². The molecule has 0 radical (unpaired) electrons. The second kappa shape index (κ2) is 7.61. The molecule has 1 aliphatic carbocycles. The Balaban J connectivity index is 1.75. The summed E-state index contributed by atoms with van der Waals surface area (Å²) in [4.78, 5) is 5.21. The van der Waals surface area contributed by atoms with Crippen molar-refractivity contribution in [3.8, 4) is 0 Å². The highest BCUT2D eigenvalue weighted by atomic mass is 15.2. The average Bonchev–Trinajstić information content (AvgIpc) is 2.91. The summed E-state index contributed by atoms with van der Waals surface area (Å²) in [6, 6.07) is 0. The summed E-state index contributed by atoms with van der Waals surface area (Å²) in [6.07, 6.45) is 9.97. The van der Waals surface area contributed by atoms with Crippen LogP contribution in [0.25, 0.3) is 0 Å². The van der Waals surface area contributed by atoms with Gasteiger partial charge in [-0.25, -0.2) is 0 Å². The normalized spacial score (nSPS) is 24.2. The Labute approximate surface area is 119 Å². The molecule has 0 aromatic heterocycles. The predicted octanol–water partition coefficient (Wildman–Crippen LogP) is 2.18. The second-order valence-electron chi connectivity index (χ2n) is 6.88. The highest BCUT2D eigenvalue weighted by Gasteiger charge is 2.32. The Morgan fingerprint density at radius 1 is 1.05 bits per heavy atom. The van der Waals surface area contributed by atoms with Crippen molar-refractivity contribution in [2.24, 2.45) is 5.41 Å². The lowest BCUT2D eigenvalue weighted by molar-refractivity contribution is 0.113. The molecule has 0 spiro atoms. The van der Waals surface area contributed by atoms with Crippen molar-refractivity contribution in [1.29, 1.82) is 0 Å². The zero-order valence-corrected chi connectivity index (χ0v) is 13.1. The summed E-state index contributed by atoms with van der Waals surface area (Å²) in [5, 5.41) is 3.44. The number of nitrogens with one attached hydrogen (secondary N) is 1. The van der Waals surface area contributed by atoms with Gasteiger partial charge in [0.15, 0.2) is 0 Å². The third kappa shape index (κ3) is 4.73. The third-order valence-electron chi connectivity index (χ3n) is 5.07. The molecule has 0 amide bonds. The maximum Gasteiger partial charge on any atom is 0.0109 e. The van der Waals surface area contributed by atoms with Gasteiger partial charge in [-0.05, 0) is 58.3 Å². The summed E-state index contributed by atoms with van der Waals surface area (Å²) < 4.78 is 0. The van der Waals surface area contributed by atoms with E-state index in [9.17, 15) is 0 Å². The molecule has 0 unspecified atom stereocenters. The molecular formula is C16H33N3. The van der Waals surface area contributed by atoms with Crippen LogP contribution < -0.4 is 5.32 Å². The highest BCUT2D eigenvalue weighted by Crippen LogP contribution is 2.36. The van der Waals surface area contributed by atoms with E-state index in [2.05, 4.69) is 29.2 Å². The van der Waals surface area contributed by atoms with Crippen molar-refractivity contribution >= 4 is 0 Å². The summed E-state index contributed by atoms with van der Waals surface area (Å²) in [5.74, 6) is 0. The van der Waals surface area contributed by atoms with Crippen molar-refractivity contribution in [2.45, 2.75) is 44.9 Å². The molecule has 0 aromatic carbocycles. The van der Waals surface area contributed by atoms with E-state index in [0.717, 1.165) is 0 Å². The van der Waals surface area contributed by atoms with Crippen LogP contribution in [0.4, 0.5) is 0 Å². The van der Waals surface area contributed by atoms with Gasteiger partial charge in [0, 0.05) is 26.2 Å². The monoisotopic (exact) mass is 267 g/mol. The van der Waals surface area contributed by atoms with Crippen molar-refractivity contribution in [3.05, 3.63) is 0 Å². The van der Waals surface area contributed by atoms with E-state index in [1.54, 1.807) is 0 Å². The summed E-state index contributed by atoms with van der Waals surface area (Å²) in [5.41, 5.74) is 0.548. The lowest BCUT2D eigenvalue weighted by atomic mass is 9.73. The van der Waals surface area contributed by atoms with E-state index in [4.69, 9.17) is 0 Å². The molecule has 1 N–H and O–H groups in total. The van der Waals surface area contributed by atoms with E-state index < -0.39 is 0 Å². The lowest BCUT2D eigenvalue weighted by Crippen LogP contribution is -2.45. The largest absolute Gasteiger partial charge is 0.319 e. The van der Waals surface area contributed by atoms with Gasteiger partial charge < -0.3 is 15.1 Å². The van der Waals surface area contributed by atoms with Gasteiger partial charge in [-0.1, -0.05) is 19.3 Å². The molecule has 1 saturated carbocycles. The van der Waals surface area contributed by atoms with Crippen molar-refractivity contribution in [2.75, 3.05) is 53.4 Å². The van der Waals surface area contributed by atoms with Gasteiger partial charge in [0.05, 0.1) is 0 Å². The minimum atomic E-state index is 0.548. The zero-order valence-electron chi connectivity index (χ0n) is 13.1.